The average molecular weight is 1450 g/mol. The number of aromatic hydroxyl groups is 5. The summed E-state index contributed by atoms with van der Waals surface area (Å²) in [5.74, 6) is -13.2. The minimum Gasteiger partial charge on any atom is -0.508 e. The van der Waals surface area contributed by atoms with Crippen LogP contribution >= 0.6 is 39.1 Å². The number of alkyl carbamates (subject to hydrolysis) is 1. The summed E-state index contributed by atoms with van der Waals surface area (Å²) in [7, 11) is 0.971. The second kappa shape index (κ2) is 28.3. The number of nitrogens with one attached hydrogen (secondary N) is 7. The molecular weight excluding hydrogens is 1400 g/mol. The Morgan fingerprint density at radius 3 is 1.87 bits per heavy atom. The van der Waals surface area contributed by atoms with Crippen molar-refractivity contribution in [1.82, 2.24) is 37.2 Å². The fourth-order valence-corrected chi connectivity index (χ4v) is 12.3. The number of aliphatic hydroxyl groups excluding tert-OH is 1. The van der Waals surface area contributed by atoms with E-state index in [0.717, 1.165) is 49.6 Å². The molecule has 17 bridgehead atoms. The Kier molecular flexibility index (Phi) is 19.3. The maximum absolute atomic E-state index is 16.1. The van der Waals surface area contributed by atoms with Crippen molar-refractivity contribution in [3.63, 3.8) is 0 Å². The van der Waals surface area contributed by atoms with Gasteiger partial charge in [-0.2, -0.15) is 0 Å². The molecule has 0 radical (unpaired) electrons. The van der Waals surface area contributed by atoms with Crippen molar-refractivity contribution in [1.29, 1.82) is 0 Å². The van der Waals surface area contributed by atoms with E-state index in [1.165, 1.54) is 72.8 Å². The lowest BCUT2D eigenvalue weighted by Crippen LogP contribution is -2.55. The highest BCUT2D eigenvalue weighted by Gasteiger charge is 2.42. The number of methoxy groups -OCH3 is 1. The third-order valence-corrected chi connectivity index (χ3v) is 17.3. The Hall–Kier alpha value is -11.5. The van der Waals surface area contributed by atoms with Gasteiger partial charge in [0.1, 0.15) is 89.2 Å². The number of rotatable bonds is 7. The molecule has 0 fully saturated rings. The molecule has 6 aliphatic heterocycles. The first-order valence-corrected chi connectivity index (χ1v) is 32.0. The minimum absolute atomic E-state index is 0.00296. The predicted octanol–water partition coefficient (Wildman–Crippen LogP) is 8.11. The van der Waals surface area contributed by atoms with Crippen LogP contribution in [0.3, 0.4) is 0 Å². The molecule has 99 heavy (non-hydrogen) atoms. The summed E-state index contributed by atoms with van der Waals surface area (Å²) in [5, 5.41) is 87.2. The van der Waals surface area contributed by atoms with Crippen LogP contribution in [0.5, 0.6) is 69.0 Å². The van der Waals surface area contributed by atoms with Gasteiger partial charge in [0.15, 0.2) is 29.0 Å². The van der Waals surface area contributed by atoms with E-state index in [4.69, 9.17) is 51.6 Å². The van der Waals surface area contributed by atoms with Crippen LogP contribution in [-0.2, 0) is 56.1 Å². The molecule has 7 amide bonds. The summed E-state index contributed by atoms with van der Waals surface area (Å²) in [6.07, 6.45) is -3.60. The lowest BCUT2D eigenvalue weighted by atomic mass is 9.89. The number of phenols is 5. The summed E-state index contributed by atoms with van der Waals surface area (Å²) in [5.41, 5.74) is -1.13. The van der Waals surface area contributed by atoms with Crippen LogP contribution in [-0.4, -0.2) is 109 Å². The lowest BCUT2D eigenvalue weighted by Gasteiger charge is -2.31. The first kappa shape index (κ1) is 67.5. The van der Waals surface area contributed by atoms with E-state index in [2.05, 4.69) is 53.1 Å². The highest BCUT2D eigenvalue weighted by Crippen LogP contribution is 2.49. The number of fused-ring (bicyclic) bond motifs is 14. The molecule has 0 saturated heterocycles. The van der Waals surface area contributed by atoms with Crippen molar-refractivity contribution in [2.75, 3.05) is 19.0 Å². The van der Waals surface area contributed by atoms with E-state index in [1.54, 1.807) is 30.3 Å². The molecule has 0 aromatic heterocycles. The quantitative estimate of drug-likeness (QED) is 0.0529. The smallest absolute Gasteiger partial charge is 0.408 e. The molecule has 0 aliphatic carbocycles. The molecule has 0 unspecified atom stereocenters. The summed E-state index contributed by atoms with van der Waals surface area (Å²) in [6, 6.07) is 17.6. The van der Waals surface area contributed by atoms with Crippen molar-refractivity contribution >= 4 is 86.6 Å². The zero-order chi connectivity index (χ0) is 70.1. The molecule has 13 N–H and O–H groups in total. The van der Waals surface area contributed by atoms with Crippen LogP contribution in [0.2, 0.25) is 10.0 Å². The Morgan fingerprint density at radius 1 is 0.566 bits per heavy atom. The standard InChI is InChI=1S/C69H56BrCl2N7O20/c1-94-68(92)58-41-27-38(81)28-47(84)53(41)40-21-32(8-11-45(40)82)54-64(88)78-59(67(91)77-58)60(85)34-10-14-49(43(72)22-34)99-52-25-36-24-51(61(52)95-16-15-70)98-48-13-7-31(17-42(48)71)18-44-62(86)74-56(65(89)76-57(36)66(90)75-54)35-19-37(80)26-39(20-35)97-50-23-33(9-12-46(50)83)55(63(87)73-44)79-69(93)96-29-30-5-3-2-4-6-30/h2-14,17,19-28,44,54-60,80-85H,15-16,18,29H2,1H3,(H,73,87)(H,74,86)(H,75,90)(H,76,89)(H,77,91)(H,78,88)(H,79,93)/t44-,54-,55+,56+,57-,58-,59+,60-/m1/s1. The number of hydrogen-bond donors (Lipinski definition) is 13. The van der Waals surface area contributed by atoms with Gasteiger partial charge in [-0.1, -0.05) is 93.7 Å². The molecular formula is C69H56BrCl2N7O20. The Balaban J connectivity index is 1.06. The number of benzene rings is 8. The van der Waals surface area contributed by atoms with Crippen LogP contribution < -0.4 is 56.2 Å². The third-order valence-electron chi connectivity index (χ3n) is 16.4. The van der Waals surface area contributed by atoms with Gasteiger partial charge in [-0.05, 0) is 118 Å². The second-order valence-electron chi connectivity index (χ2n) is 23.0. The van der Waals surface area contributed by atoms with Crippen LogP contribution in [0.4, 0.5) is 4.79 Å². The number of carbonyl (C=O) groups is 8. The number of aliphatic hydroxyl groups is 1. The van der Waals surface area contributed by atoms with Gasteiger partial charge in [0.25, 0.3) is 0 Å². The zero-order valence-corrected chi connectivity index (χ0v) is 54.4. The monoisotopic (exact) mass is 1450 g/mol. The van der Waals surface area contributed by atoms with Gasteiger partial charge in [-0.3, -0.25) is 28.8 Å². The SMILES string of the molecule is COC(=O)[C@@H]1NC(=O)[C@H]2NC(=O)[C@H](NC(=O)[C@@H]3NC(=O)[C@H]4NC(=O)[C@@H](Cc5ccc(c(Cl)c5)Oc5cc3cc(c5OCCBr)Oc3ccc(cc3Cl)[C@H]2O)NC(=O)[C@@H](NC(=O)OCc2ccccc2)c2ccc(O)c(c2)Oc2cc(O)cc4c2)c2ccc(O)c(c2)-c2c(O)cc(O)cc21. The molecule has 6 heterocycles. The molecule has 508 valence electrons. The molecule has 0 saturated carbocycles. The molecule has 14 rings (SSSR count). The number of phenolic OH excluding ortho intramolecular Hbond substituents is 5. The van der Waals surface area contributed by atoms with E-state index in [9.17, 15) is 49.8 Å². The van der Waals surface area contributed by atoms with Gasteiger partial charge >= 0.3 is 12.1 Å². The maximum atomic E-state index is 16.1. The maximum Gasteiger partial charge on any atom is 0.408 e. The summed E-state index contributed by atoms with van der Waals surface area (Å²) >= 11 is 17.5. The first-order valence-electron chi connectivity index (χ1n) is 30.1. The van der Waals surface area contributed by atoms with E-state index in [0.29, 0.717) is 5.56 Å². The van der Waals surface area contributed by atoms with Crippen LogP contribution in [0.1, 0.15) is 80.8 Å². The molecule has 8 aromatic rings. The van der Waals surface area contributed by atoms with Crippen molar-refractivity contribution in [2.24, 2.45) is 0 Å². The highest BCUT2D eigenvalue weighted by molar-refractivity contribution is 9.09. The van der Waals surface area contributed by atoms with Crippen LogP contribution in [0.25, 0.3) is 11.1 Å². The fourth-order valence-electron chi connectivity index (χ4n) is 11.6. The zero-order valence-electron chi connectivity index (χ0n) is 51.3. The number of carbonyl (C=O) groups excluding carboxylic acids is 8. The van der Waals surface area contributed by atoms with Crippen molar-refractivity contribution in [2.45, 2.75) is 61.4 Å². The molecule has 30 heteroatoms. The third kappa shape index (κ3) is 14.4. The summed E-state index contributed by atoms with van der Waals surface area (Å²) < 4.78 is 36.2. The van der Waals surface area contributed by atoms with E-state index >= 15 is 19.2 Å². The predicted molar refractivity (Wildman–Crippen MR) is 353 cm³/mol. The summed E-state index contributed by atoms with van der Waals surface area (Å²) in [4.78, 5) is 120. The van der Waals surface area contributed by atoms with E-state index < -0.39 is 137 Å². The number of amides is 7. The number of hydrogen-bond acceptors (Lipinski definition) is 20. The van der Waals surface area contributed by atoms with Crippen LogP contribution in [0, 0.1) is 0 Å². The van der Waals surface area contributed by atoms with Crippen molar-refractivity contribution < 1.29 is 97.4 Å². The number of alkyl halides is 1. The van der Waals surface area contributed by atoms with E-state index in [-0.39, 0.29) is 113 Å². The minimum atomic E-state index is -2.16. The topological polar surface area (TPSA) is 398 Å². The van der Waals surface area contributed by atoms with Gasteiger partial charge in [-0.25, -0.2) is 9.59 Å². The van der Waals surface area contributed by atoms with Gasteiger partial charge in [0.05, 0.1) is 23.8 Å². The van der Waals surface area contributed by atoms with Crippen LogP contribution in [0.15, 0.2) is 146 Å². The molecule has 6 aliphatic rings. The van der Waals surface area contributed by atoms with Gasteiger partial charge < -0.3 is 96.3 Å². The van der Waals surface area contributed by atoms with Gasteiger partial charge in [0.2, 0.25) is 41.2 Å². The second-order valence-corrected chi connectivity index (χ2v) is 24.6. The van der Waals surface area contributed by atoms with E-state index in [1.807, 2.05) is 0 Å². The molecule has 0 spiro atoms. The fraction of sp³-hybridized carbons (Fsp3) is 0.188. The number of ether oxygens (including phenoxy) is 6. The van der Waals surface area contributed by atoms with Gasteiger partial charge in [-0.15, -0.1) is 0 Å². The Morgan fingerprint density at radius 2 is 1.18 bits per heavy atom. The number of esters is 1. The number of halogens is 3. The van der Waals surface area contributed by atoms with Crippen molar-refractivity contribution in [3.05, 3.63) is 200 Å². The van der Waals surface area contributed by atoms with Gasteiger partial charge in [0, 0.05) is 40.6 Å². The Bertz CT molecular complexity index is 4620. The largest absolute Gasteiger partial charge is 0.508 e. The molecule has 8 atom stereocenters. The highest BCUT2D eigenvalue weighted by atomic mass is 79.9. The lowest BCUT2D eigenvalue weighted by molar-refractivity contribution is -0.146. The molecule has 8 aromatic carbocycles. The van der Waals surface area contributed by atoms with Crippen molar-refractivity contribution in [3.8, 4) is 80.1 Å². The summed E-state index contributed by atoms with van der Waals surface area (Å²) in [6.45, 7) is -0.319. The average Bonchev–Trinajstić information content (AvgIpc) is 0.772. The molecule has 27 nitrogen and oxygen atoms in total. The first-order chi connectivity index (χ1) is 47.5. The normalized spacial score (nSPS) is 20.4. The Labute approximate surface area is 579 Å².